The van der Waals surface area contributed by atoms with E-state index in [-0.39, 0.29) is 25.7 Å². The van der Waals surface area contributed by atoms with Crippen LogP contribution in [0.15, 0.2) is 0 Å². The second kappa shape index (κ2) is 68.8. The molecule has 570 valence electrons. The van der Waals surface area contributed by atoms with Crippen molar-refractivity contribution in [1.82, 2.24) is 0 Å². The van der Waals surface area contributed by atoms with Crippen LogP contribution < -0.4 is 0 Å². The van der Waals surface area contributed by atoms with Gasteiger partial charge in [-0.3, -0.25) is 37.3 Å². The second-order valence-corrected chi connectivity index (χ2v) is 31.4. The number of aliphatic hydroxyl groups is 1. The zero-order valence-corrected chi connectivity index (χ0v) is 64.5. The number of unbranched alkanes of at least 4 members (excludes halogenated alkanes) is 45. The van der Waals surface area contributed by atoms with Crippen molar-refractivity contribution in [2.24, 2.45) is 11.8 Å². The van der Waals surface area contributed by atoms with Crippen molar-refractivity contribution >= 4 is 39.5 Å². The van der Waals surface area contributed by atoms with Gasteiger partial charge in [-0.2, -0.15) is 0 Å². The number of ether oxygens (including phenoxy) is 4. The Morgan fingerprint density at radius 1 is 0.302 bits per heavy atom. The number of phosphoric acid groups is 2. The predicted octanol–water partition coefficient (Wildman–Crippen LogP) is 22.7. The molecule has 0 bridgehead atoms. The highest BCUT2D eigenvalue weighted by atomic mass is 31.2. The minimum atomic E-state index is -4.96. The van der Waals surface area contributed by atoms with Gasteiger partial charge >= 0.3 is 39.5 Å². The van der Waals surface area contributed by atoms with E-state index in [4.69, 9.17) is 37.0 Å². The van der Waals surface area contributed by atoms with Gasteiger partial charge in [-0.1, -0.05) is 350 Å². The van der Waals surface area contributed by atoms with Crippen molar-refractivity contribution in [1.29, 1.82) is 0 Å². The summed E-state index contributed by atoms with van der Waals surface area (Å²) in [6.45, 7) is 9.63. The molecule has 0 amide bonds. The first-order valence-electron chi connectivity index (χ1n) is 40.0. The normalized spacial score (nSPS) is 14.3. The number of carbonyl (C=O) groups is 4. The summed E-state index contributed by atoms with van der Waals surface area (Å²) in [6.07, 6.45) is 56.7. The fourth-order valence-corrected chi connectivity index (χ4v) is 13.4. The van der Waals surface area contributed by atoms with E-state index in [9.17, 15) is 43.2 Å². The lowest BCUT2D eigenvalue weighted by molar-refractivity contribution is -0.161. The summed E-state index contributed by atoms with van der Waals surface area (Å²) in [5.74, 6) is -0.534. The maximum absolute atomic E-state index is 13.1. The van der Waals surface area contributed by atoms with E-state index >= 15 is 0 Å². The number of hydrogen-bond acceptors (Lipinski definition) is 15. The summed E-state index contributed by atoms with van der Waals surface area (Å²) in [5.41, 5.74) is 0. The highest BCUT2D eigenvalue weighted by molar-refractivity contribution is 7.47. The van der Waals surface area contributed by atoms with Gasteiger partial charge in [-0.25, -0.2) is 9.13 Å². The fourth-order valence-electron chi connectivity index (χ4n) is 11.8. The van der Waals surface area contributed by atoms with Gasteiger partial charge in [0, 0.05) is 25.7 Å². The van der Waals surface area contributed by atoms with Gasteiger partial charge in [0.1, 0.15) is 19.3 Å². The first-order valence-corrected chi connectivity index (χ1v) is 43.0. The van der Waals surface area contributed by atoms with E-state index in [1.165, 1.54) is 218 Å². The molecule has 17 nitrogen and oxygen atoms in total. The smallest absolute Gasteiger partial charge is 0.462 e. The summed E-state index contributed by atoms with van der Waals surface area (Å²) in [6, 6.07) is 0. The standard InChI is InChI=1S/C77H150O17P2/c1-7-10-12-14-16-18-20-26-31-35-42-48-54-60-75(80)87-65-72(93-76(81)61-55-49-43-36-32-28-25-23-22-24-27-29-33-39-45-51-57-69(4)5)67-91-95(83,84)89-63-71(78)64-90-96(85,86)92-68-73(94-77(82)62-56-50-44-38-37-40-46-52-58-70(6)9-3)66-88-74(79)59-53-47-41-34-30-21-19-17-15-13-11-8-2/h69-73,78H,7-68H2,1-6H3,(H,83,84)(H,85,86)/t70?,71-,72-,73-/m1/s1. The molecule has 3 unspecified atom stereocenters. The van der Waals surface area contributed by atoms with Gasteiger partial charge in [-0.05, 0) is 37.5 Å². The minimum absolute atomic E-state index is 0.106. The molecule has 19 heteroatoms. The Bertz CT molecular complexity index is 1860. The first-order chi connectivity index (χ1) is 46.4. The van der Waals surface area contributed by atoms with Crippen LogP contribution in [0.1, 0.15) is 401 Å². The summed E-state index contributed by atoms with van der Waals surface area (Å²) in [5, 5.41) is 10.6. The van der Waals surface area contributed by atoms with Crippen molar-refractivity contribution in [2.45, 2.75) is 419 Å². The Morgan fingerprint density at radius 3 is 0.792 bits per heavy atom. The second-order valence-electron chi connectivity index (χ2n) is 28.5. The van der Waals surface area contributed by atoms with Gasteiger partial charge in [0.25, 0.3) is 0 Å². The molecule has 0 aromatic rings. The zero-order valence-electron chi connectivity index (χ0n) is 62.7. The Kier molecular flexibility index (Phi) is 67.4. The molecule has 0 aliphatic carbocycles. The lowest BCUT2D eigenvalue weighted by atomic mass is 9.99. The average Bonchev–Trinajstić information content (AvgIpc) is 1.34. The number of hydrogen-bond donors (Lipinski definition) is 3. The molecule has 0 aliphatic heterocycles. The van der Waals surface area contributed by atoms with Crippen molar-refractivity contribution in [3.05, 3.63) is 0 Å². The minimum Gasteiger partial charge on any atom is -0.462 e. The Labute approximate surface area is 588 Å². The van der Waals surface area contributed by atoms with Crippen molar-refractivity contribution in [2.75, 3.05) is 39.6 Å². The van der Waals surface area contributed by atoms with Crippen LogP contribution in [0, 0.1) is 11.8 Å². The summed E-state index contributed by atoms with van der Waals surface area (Å²) < 4.78 is 68.6. The molecule has 96 heavy (non-hydrogen) atoms. The molecule has 6 atom stereocenters. The molecule has 0 radical (unpaired) electrons. The van der Waals surface area contributed by atoms with Gasteiger partial charge in [0.05, 0.1) is 26.4 Å². The maximum atomic E-state index is 13.1. The molecule has 3 N–H and O–H groups in total. The van der Waals surface area contributed by atoms with Crippen LogP contribution in [0.5, 0.6) is 0 Å². The van der Waals surface area contributed by atoms with Crippen LogP contribution in [-0.2, 0) is 65.4 Å². The zero-order chi connectivity index (χ0) is 70.7. The largest absolute Gasteiger partial charge is 0.472 e. The van der Waals surface area contributed by atoms with E-state index < -0.39 is 97.5 Å². The predicted molar refractivity (Wildman–Crippen MR) is 391 cm³/mol. The van der Waals surface area contributed by atoms with E-state index in [0.717, 1.165) is 102 Å². The van der Waals surface area contributed by atoms with Crippen LogP contribution in [0.3, 0.4) is 0 Å². The van der Waals surface area contributed by atoms with E-state index in [2.05, 4.69) is 41.5 Å². The summed E-state index contributed by atoms with van der Waals surface area (Å²) in [7, 11) is -9.91. The molecule has 0 rings (SSSR count). The summed E-state index contributed by atoms with van der Waals surface area (Å²) >= 11 is 0. The topological polar surface area (TPSA) is 237 Å². The third-order valence-electron chi connectivity index (χ3n) is 18.3. The lowest BCUT2D eigenvalue weighted by Gasteiger charge is -2.21. The van der Waals surface area contributed by atoms with Crippen molar-refractivity contribution < 1.29 is 80.2 Å². The third-order valence-corrected chi connectivity index (χ3v) is 20.2. The van der Waals surface area contributed by atoms with Crippen molar-refractivity contribution in [3.63, 3.8) is 0 Å². The molecule has 0 fully saturated rings. The molecule has 0 aliphatic rings. The van der Waals surface area contributed by atoms with Crippen LogP contribution in [0.2, 0.25) is 0 Å². The lowest BCUT2D eigenvalue weighted by Crippen LogP contribution is -2.30. The summed E-state index contributed by atoms with van der Waals surface area (Å²) in [4.78, 5) is 72.9. The Balaban J connectivity index is 5.24. The maximum Gasteiger partial charge on any atom is 0.472 e. The average molecular weight is 1410 g/mol. The molecule has 0 saturated carbocycles. The van der Waals surface area contributed by atoms with Crippen LogP contribution >= 0.6 is 15.6 Å². The molecule has 0 aromatic carbocycles. The van der Waals surface area contributed by atoms with E-state index in [1.54, 1.807) is 0 Å². The highest BCUT2D eigenvalue weighted by Gasteiger charge is 2.30. The van der Waals surface area contributed by atoms with Gasteiger partial charge < -0.3 is 33.8 Å². The van der Waals surface area contributed by atoms with Crippen molar-refractivity contribution in [3.8, 4) is 0 Å². The number of aliphatic hydroxyl groups excluding tert-OH is 1. The molecule has 0 saturated heterocycles. The molecular weight excluding hydrogens is 1260 g/mol. The van der Waals surface area contributed by atoms with Gasteiger partial charge in [-0.15, -0.1) is 0 Å². The number of esters is 4. The first kappa shape index (κ1) is 94.1. The van der Waals surface area contributed by atoms with Crippen LogP contribution in [-0.4, -0.2) is 96.7 Å². The number of phosphoric ester groups is 2. The van der Waals surface area contributed by atoms with Gasteiger partial charge in [0.15, 0.2) is 12.2 Å². The SMILES string of the molecule is CCCCCCCCCCCCCCCC(=O)OC[C@H](COP(=O)(O)OC[C@@H](O)COP(=O)(O)OC[C@@H](COC(=O)CCCCCCCCCCCCCC)OC(=O)CCCCCCCCCCC(C)CC)OC(=O)CCCCCCCCCCCCCCCCCCC(C)C. The fraction of sp³-hybridized carbons (Fsp3) is 0.948. The number of rotatable bonds is 76. The van der Waals surface area contributed by atoms with E-state index in [0.29, 0.717) is 25.7 Å². The third kappa shape index (κ3) is 69.2. The van der Waals surface area contributed by atoms with Crippen LogP contribution in [0.4, 0.5) is 0 Å². The Morgan fingerprint density at radius 2 is 0.531 bits per heavy atom. The quantitative estimate of drug-likeness (QED) is 0.0222. The molecule has 0 heterocycles. The highest BCUT2D eigenvalue weighted by Crippen LogP contribution is 2.45. The monoisotopic (exact) mass is 1410 g/mol. The molecule has 0 spiro atoms. The van der Waals surface area contributed by atoms with Crippen LogP contribution in [0.25, 0.3) is 0 Å². The van der Waals surface area contributed by atoms with Gasteiger partial charge in [0.2, 0.25) is 0 Å². The number of carbonyl (C=O) groups excluding carboxylic acids is 4. The molecular formula is C77H150O17P2. The molecule has 0 aromatic heterocycles. The van der Waals surface area contributed by atoms with E-state index in [1.807, 2.05) is 0 Å². The Hall–Kier alpha value is -1.94.